The minimum atomic E-state index is -0.412. The van der Waals surface area contributed by atoms with Crippen molar-refractivity contribution in [3.63, 3.8) is 0 Å². The molecule has 0 aromatic heterocycles. The average Bonchev–Trinajstić information content (AvgIpc) is 2.69. The second kappa shape index (κ2) is 2.99. The molecule has 2 aliphatic rings. The summed E-state index contributed by atoms with van der Waals surface area (Å²) >= 11 is 0. The zero-order valence-corrected chi connectivity index (χ0v) is 7.59. The molecule has 68 valence electrons. The molecule has 1 heteroatoms. The third kappa shape index (κ3) is 1.80. The third-order valence-corrected chi connectivity index (χ3v) is 2.75. The molecule has 0 heterocycles. The molecule has 0 saturated heterocycles. The summed E-state index contributed by atoms with van der Waals surface area (Å²) in [7, 11) is 0. The van der Waals surface area contributed by atoms with E-state index in [9.17, 15) is 4.39 Å². The highest BCUT2D eigenvalue weighted by atomic mass is 19.1. The topological polar surface area (TPSA) is 0 Å². The second-order valence-electron chi connectivity index (χ2n) is 3.86. The van der Waals surface area contributed by atoms with Crippen molar-refractivity contribution >= 4 is 0 Å². The summed E-state index contributed by atoms with van der Waals surface area (Å²) in [4.78, 5) is 0. The van der Waals surface area contributed by atoms with Gasteiger partial charge in [0.25, 0.3) is 0 Å². The fourth-order valence-electron chi connectivity index (χ4n) is 1.85. The van der Waals surface area contributed by atoms with Gasteiger partial charge in [-0.05, 0) is 41.9 Å². The van der Waals surface area contributed by atoms with Crippen molar-refractivity contribution in [3.05, 3.63) is 48.4 Å². The van der Waals surface area contributed by atoms with Gasteiger partial charge in [-0.25, -0.2) is 4.39 Å². The molecule has 2 atom stereocenters. The lowest BCUT2D eigenvalue weighted by Gasteiger charge is -2.01. The van der Waals surface area contributed by atoms with E-state index in [1.165, 1.54) is 18.1 Å². The molecule has 0 spiro atoms. The van der Waals surface area contributed by atoms with Gasteiger partial charge in [0.15, 0.2) is 0 Å². The first-order chi connectivity index (χ1) is 6.16. The van der Waals surface area contributed by atoms with Crippen molar-refractivity contribution in [3.8, 4) is 0 Å². The lowest BCUT2D eigenvalue weighted by molar-refractivity contribution is 0.671. The van der Waals surface area contributed by atoms with Crippen molar-refractivity contribution in [2.45, 2.75) is 12.8 Å². The zero-order chi connectivity index (χ0) is 9.42. The summed E-state index contributed by atoms with van der Waals surface area (Å²) in [5.41, 5.74) is 2.23. The molecule has 1 fully saturated rings. The minimum absolute atomic E-state index is 0.412. The molecule has 13 heavy (non-hydrogen) atoms. The van der Waals surface area contributed by atoms with Gasteiger partial charge in [-0.1, -0.05) is 25.3 Å². The molecule has 2 rings (SSSR count). The van der Waals surface area contributed by atoms with Gasteiger partial charge in [0.1, 0.15) is 5.83 Å². The highest BCUT2D eigenvalue weighted by molar-refractivity contribution is 5.43. The van der Waals surface area contributed by atoms with E-state index in [0.717, 1.165) is 23.8 Å². The Morgan fingerprint density at radius 2 is 2.23 bits per heavy atom. The molecule has 0 nitrogen and oxygen atoms in total. The first kappa shape index (κ1) is 8.49. The van der Waals surface area contributed by atoms with Crippen LogP contribution in [0.1, 0.15) is 12.8 Å². The Morgan fingerprint density at radius 3 is 2.77 bits per heavy atom. The summed E-state index contributed by atoms with van der Waals surface area (Å²) < 4.78 is 12.3. The van der Waals surface area contributed by atoms with Crippen molar-refractivity contribution in [2.24, 2.45) is 11.8 Å². The Bertz CT molecular complexity index is 320. The molecule has 2 aliphatic carbocycles. The predicted octanol–water partition coefficient (Wildman–Crippen LogP) is 3.55. The monoisotopic (exact) mass is 176 g/mol. The largest absolute Gasteiger partial charge is 0.208 e. The van der Waals surface area contributed by atoms with Gasteiger partial charge in [0.05, 0.1) is 0 Å². The summed E-state index contributed by atoms with van der Waals surface area (Å²) in [6, 6.07) is 0. The highest BCUT2D eigenvalue weighted by Gasteiger charge is 2.40. The van der Waals surface area contributed by atoms with Gasteiger partial charge in [-0.15, -0.1) is 0 Å². The first-order valence-corrected chi connectivity index (χ1v) is 4.59. The van der Waals surface area contributed by atoms with E-state index >= 15 is 0 Å². The van der Waals surface area contributed by atoms with Crippen LogP contribution >= 0.6 is 0 Å². The highest BCUT2D eigenvalue weighted by Crippen LogP contribution is 2.51. The molecule has 0 aromatic carbocycles. The van der Waals surface area contributed by atoms with Crippen LogP contribution in [0.4, 0.5) is 4.39 Å². The quantitative estimate of drug-likeness (QED) is 0.577. The smallest absolute Gasteiger partial charge is 0.116 e. The van der Waals surface area contributed by atoms with E-state index in [4.69, 9.17) is 0 Å². The van der Waals surface area contributed by atoms with Gasteiger partial charge in [-0.2, -0.15) is 0 Å². The molecule has 0 amide bonds. The molecular weight excluding hydrogens is 163 g/mol. The van der Waals surface area contributed by atoms with Gasteiger partial charge in [0.2, 0.25) is 0 Å². The van der Waals surface area contributed by atoms with E-state index < -0.39 is 5.83 Å². The van der Waals surface area contributed by atoms with E-state index in [2.05, 4.69) is 19.2 Å². The van der Waals surface area contributed by atoms with Gasteiger partial charge in [-0.3, -0.25) is 0 Å². The van der Waals surface area contributed by atoms with Crippen molar-refractivity contribution in [1.82, 2.24) is 0 Å². The lowest BCUT2D eigenvalue weighted by Crippen LogP contribution is -1.83. The van der Waals surface area contributed by atoms with Gasteiger partial charge in [0, 0.05) is 0 Å². The van der Waals surface area contributed by atoms with Crippen LogP contribution < -0.4 is 0 Å². The van der Waals surface area contributed by atoms with Crippen molar-refractivity contribution in [1.29, 1.82) is 0 Å². The Kier molecular flexibility index (Phi) is 1.95. The van der Waals surface area contributed by atoms with Crippen molar-refractivity contribution in [2.75, 3.05) is 0 Å². The van der Waals surface area contributed by atoms with Crippen LogP contribution in [0.5, 0.6) is 0 Å². The minimum Gasteiger partial charge on any atom is -0.208 e. The molecule has 0 aliphatic heterocycles. The summed E-state index contributed by atoms with van der Waals surface area (Å²) in [6.45, 7) is 7.06. The van der Waals surface area contributed by atoms with Crippen LogP contribution in [0.25, 0.3) is 0 Å². The summed E-state index contributed by atoms with van der Waals surface area (Å²) in [5, 5.41) is 0. The molecule has 1 saturated carbocycles. The van der Waals surface area contributed by atoms with Crippen LogP contribution in [0, 0.1) is 11.8 Å². The van der Waals surface area contributed by atoms with Crippen LogP contribution in [-0.2, 0) is 0 Å². The first-order valence-electron chi connectivity index (χ1n) is 4.59. The maximum absolute atomic E-state index is 12.3. The summed E-state index contributed by atoms with van der Waals surface area (Å²) in [5.74, 6) is 1.26. The predicted molar refractivity (Wildman–Crippen MR) is 52.8 cm³/mol. The fraction of sp³-hybridized carbons (Fsp3) is 0.333. The number of hydrogen-bond acceptors (Lipinski definition) is 0. The number of hydrogen-bond donors (Lipinski definition) is 0. The van der Waals surface area contributed by atoms with E-state index in [0.29, 0.717) is 0 Å². The number of allylic oxidation sites excluding steroid dienone is 6. The Hall–Kier alpha value is -1.11. The maximum atomic E-state index is 12.3. The number of fused-ring (bicyclic) bond motifs is 1. The lowest BCUT2D eigenvalue weighted by atomic mass is 10.0. The standard InChI is InChI=1S/C12H13F/c1-8(3-4-9(2)13)10-5-11-7-12(11)6-10/h3-5,11-12H,1-2,6-7H2/b4-3-. The van der Waals surface area contributed by atoms with Crippen LogP contribution in [-0.4, -0.2) is 0 Å². The van der Waals surface area contributed by atoms with Crippen molar-refractivity contribution < 1.29 is 4.39 Å². The number of halogens is 1. The summed E-state index contributed by atoms with van der Waals surface area (Å²) in [6.07, 6.45) is 7.83. The van der Waals surface area contributed by atoms with Gasteiger partial charge >= 0.3 is 0 Å². The molecular formula is C12H13F. The molecule has 0 radical (unpaired) electrons. The SMILES string of the molecule is C=C(F)/C=C\C(=C)C1=CC2CC2C1. The Balaban J connectivity index is 1.98. The van der Waals surface area contributed by atoms with E-state index in [-0.39, 0.29) is 0 Å². The second-order valence-corrected chi connectivity index (χ2v) is 3.86. The Morgan fingerprint density at radius 1 is 1.46 bits per heavy atom. The maximum Gasteiger partial charge on any atom is 0.116 e. The normalized spacial score (nSPS) is 30.1. The zero-order valence-electron chi connectivity index (χ0n) is 7.59. The molecule has 0 N–H and O–H groups in total. The van der Waals surface area contributed by atoms with Crippen LogP contribution in [0.3, 0.4) is 0 Å². The van der Waals surface area contributed by atoms with Crippen LogP contribution in [0.2, 0.25) is 0 Å². The van der Waals surface area contributed by atoms with Gasteiger partial charge < -0.3 is 0 Å². The van der Waals surface area contributed by atoms with Crippen LogP contribution in [0.15, 0.2) is 48.4 Å². The average molecular weight is 176 g/mol. The fourth-order valence-corrected chi connectivity index (χ4v) is 1.85. The van der Waals surface area contributed by atoms with E-state index in [1.807, 2.05) is 0 Å². The molecule has 0 bridgehead atoms. The molecule has 2 unspecified atom stereocenters. The number of rotatable bonds is 3. The molecule has 0 aromatic rings. The van der Waals surface area contributed by atoms with E-state index in [1.54, 1.807) is 6.08 Å². The Labute approximate surface area is 78.1 Å². The third-order valence-electron chi connectivity index (χ3n) is 2.75.